The third-order valence-electron chi connectivity index (χ3n) is 3.82. The van der Waals surface area contributed by atoms with Gasteiger partial charge in [0.2, 0.25) is 17.7 Å². The van der Waals surface area contributed by atoms with Gasteiger partial charge < -0.3 is 15.5 Å². The number of carbonyl (C=O) groups excluding carboxylic acids is 3. The normalized spacial score (nSPS) is 12.2. The van der Waals surface area contributed by atoms with E-state index in [-0.39, 0.29) is 36.2 Å². The molecule has 0 bridgehead atoms. The van der Waals surface area contributed by atoms with Crippen LogP contribution in [0.3, 0.4) is 0 Å². The summed E-state index contributed by atoms with van der Waals surface area (Å²) in [6.07, 6.45) is 0.110. The summed E-state index contributed by atoms with van der Waals surface area (Å²) in [5.41, 5.74) is 1.63. The lowest BCUT2D eigenvalue weighted by atomic mass is 10.0. The van der Waals surface area contributed by atoms with E-state index in [0.717, 1.165) is 11.1 Å². The highest BCUT2D eigenvalue weighted by molar-refractivity contribution is 5.85. The van der Waals surface area contributed by atoms with Gasteiger partial charge in [-0.25, -0.2) is 0 Å². The average molecular weight is 361 g/mol. The molecule has 144 valence electrons. The quantitative estimate of drug-likeness (QED) is 0.782. The Kier molecular flexibility index (Phi) is 7.80. The van der Waals surface area contributed by atoms with Crippen molar-refractivity contribution in [2.75, 3.05) is 13.1 Å². The van der Waals surface area contributed by atoms with Crippen LogP contribution in [0.1, 0.15) is 58.2 Å². The molecule has 0 saturated heterocycles. The smallest absolute Gasteiger partial charge is 0.240 e. The van der Waals surface area contributed by atoms with E-state index < -0.39 is 6.04 Å². The Morgan fingerprint density at radius 3 is 2.15 bits per heavy atom. The molecule has 0 fully saturated rings. The maximum Gasteiger partial charge on any atom is 0.240 e. The number of hydrogen-bond donors (Lipinski definition) is 2. The second-order valence-electron chi connectivity index (χ2n) is 7.57. The summed E-state index contributed by atoms with van der Waals surface area (Å²) in [5.74, 6) is -0.563. The van der Waals surface area contributed by atoms with Crippen LogP contribution in [0.5, 0.6) is 0 Å². The van der Waals surface area contributed by atoms with Crippen molar-refractivity contribution in [2.45, 2.75) is 59.5 Å². The van der Waals surface area contributed by atoms with Gasteiger partial charge in [0.25, 0.3) is 0 Å². The van der Waals surface area contributed by atoms with Crippen LogP contribution in [0.2, 0.25) is 0 Å². The molecule has 0 aromatic heterocycles. The summed E-state index contributed by atoms with van der Waals surface area (Å²) in [6.45, 7) is 11.4. The van der Waals surface area contributed by atoms with Crippen molar-refractivity contribution in [3.05, 3.63) is 35.4 Å². The Labute approximate surface area is 156 Å². The number of nitrogens with one attached hydrogen (secondary N) is 2. The van der Waals surface area contributed by atoms with Crippen LogP contribution in [0.15, 0.2) is 24.3 Å². The number of carbonyl (C=O) groups is 3. The zero-order valence-corrected chi connectivity index (χ0v) is 16.7. The molecule has 1 rings (SSSR count). The van der Waals surface area contributed by atoms with Gasteiger partial charge in [-0.2, -0.15) is 0 Å². The molecule has 3 amide bonds. The number of nitrogens with zero attached hydrogens (tertiary/aromatic N) is 1. The molecule has 0 aliphatic rings. The molecule has 1 aromatic rings. The maximum absolute atomic E-state index is 12.7. The van der Waals surface area contributed by atoms with E-state index in [1.165, 1.54) is 11.8 Å². The van der Waals surface area contributed by atoms with Crippen molar-refractivity contribution in [1.29, 1.82) is 0 Å². The van der Waals surface area contributed by atoms with E-state index in [0.29, 0.717) is 6.54 Å². The van der Waals surface area contributed by atoms with Crippen LogP contribution >= 0.6 is 0 Å². The summed E-state index contributed by atoms with van der Waals surface area (Å²) < 4.78 is 0. The second kappa shape index (κ2) is 9.36. The first-order chi connectivity index (χ1) is 12.0. The third kappa shape index (κ3) is 7.68. The Morgan fingerprint density at radius 1 is 1.12 bits per heavy atom. The standard InChI is InChI=1S/C20H31N3O3/c1-7-23(13-18(25)22-20(4,5)6)19(26)12-17(21-15(3)24)16-10-8-14(2)9-11-16/h8-11,17H,7,12-13H2,1-6H3,(H,21,24)(H,22,25). The van der Waals surface area contributed by atoms with Crippen LogP contribution in [-0.4, -0.2) is 41.2 Å². The lowest BCUT2D eigenvalue weighted by Crippen LogP contribution is -2.47. The highest BCUT2D eigenvalue weighted by atomic mass is 16.2. The van der Waals surface area contributed by atoms with Crippen LogP contribution < -0.4 is 10.6 Å². The van der Waals surface area contributed by atoms with Crippen LogP contribution in [-0.2, 0) is 14.4 Å². The number of benzene rings is 1. The first-order valence-corrected chi connectivity index (χ1v) is 8.94. The van der Waals surface area contributed by atoms with E-state index in [2.05, 4.69) is 10.6 Å². The minimum absolute atomic E-state index is 0.00723. The fourth-order valence-electron chi connectivity index (χ4n) is 2.61. The SMILES string of the molecule is CCN(CC(=O)NC(C)(C)C)C(=O)CC(NC(C)=O)c1ccc(C)cc1. The predicted molar refractivity (Wildman–Crippen MR) is 103 cm³/mol. The summed E-state index contributed by atoms with van der Waals surface area (Å²) in [4.78, 5) is 37.9. The van der Waals surface area contributed by atoms with Crippen molar-refractivity contribution in [1.82, 2.24) is 15.5 Å². The molecular weight excluding hydrogens is 330 g/mol. The van der Waals surface area contributed by atoms with Gasteiger partial charge in [-0.05, 0) is 40.2 Å². The molecule has 0 aliphatic heterocycles. The molecule has 0 heterocycles. The number of hydrogen-bond acceptors (Lipinski definition) is 3. The van der Waals surface area contributed by atoms with E-state index in [4.69, 9.17) is 0 Å². The molecule has 26 heavy (non-hydrogen) atoms. The molecule has 1 aromatic carbocycles. The molecule has 1 atom stereocenters. The summed E-state index contributed by atoms with van der Waals surface area (Å²) in [7, 11) is 0. The van der Waals surface area contributed by atoms with Crippen molar-refractivity contribution in [3.63, 3.8) is 0 Å². The van der Waals surface area contributed by atoms with Gasteiger partial charge >= 0.3 is 0 Å². The number of likely N-dealkylation sites (N-methyl/N-ethyl adjacent to an activating group) is 1. The Morgan fingerprint density at radius 2 is 1.69 bits per heavy atom. The molecule has 1 unspecified atom stereocenters. The fraction of sp³-hybridized carbons (Fsp3) is 0.550. The van der Waals surface area contributed by atoms with Gasteiger partial charge in [-0.1, -0.05) is 29.8 Å². The van der Waals surface area contributed by atoms with Crippen molar-refractivity contribution in [3.8, 4) is 0 Å². The van der Waals surface area contributed by atoms with Crippen LogP contribution in [0.25, 0.3) is 0 Å². The van der Waals surface area contributed by atoms with Crippen LogP contribution in [0, 0.1) is 6.92 Å². The zero-order valence-electron chi connectivity index (χ0n) is 16.7. The van der Waals surface area contributed by atoms with Gasteiger partial charge in [0, 0.05) is 19.0 Å². The minimum atomic E-state index is -0.416. The van der Waals surface area contributed by atoms with E-state index in [1.54, 1.807) is 0 Å². The molecule has 6 heteroatoms. The van der Waals surface area contributed by atoms with Gasteiger partial charge in [-0.3, -0.25) is 14.4 Å². The first kappa shape index (κ1) is 21.7. The van der Waals surface area contributed by atoms with Crippen LogP contribution in [0.4, 0.5) is 0 Å². The van der Waals surface area contributed by atoms with Crippen molar-refractivity contribution < 1.29 is 14.4 Å². The highest BCUT2D eigenvalue weighted by Gasteiger charge is 2.23. The second-order valence-corrected chi connectivity index (χ2v) is 7.57. The van der Waals surface area contributed by atoms with E-state index in [1.807, 2.05) is 58.9 Å². The number of rotatable bonds is 7. The van der Waals surface area contributed by atoms with E-state index >= 15 is 0 Å². The molecule has 0 aliphatic carbocycles. The fourth-order valence-corrected chi connectivity index (χ4v) is 2.61. The van der Waals surface area contributed by atoms with E-state index in [9.17, 15) is 14.4 Å². The third-order valence-corrected chi connectivity index (χ3v) is 3.82. The Balaban J connectivity index is 2.84. The first-order valence-electron chi connectivity index (χ1n) is 8.94. The number of amides is 3. The lowest BCUT2D eigenvalue weighted by Gasteiger charge is -2.27. The molecular formula is C20H31N3O3. The zero-order chi connectivity index (χ0) is 19.9. The topological polar surface area (TPSA) is 78.5 Å². The average Bonchev–Trinajstić information content (AvgIpc) is 2.50. The monoisotopic (exact) mass is 361 g/mol. The Hall–Kier alpha value is -2.37. The largest absolute Gasteiger partial charge is 0.350 e. The van der Waals surface area contributed by atoms with Gasteiger partial charge in [0.05, 0.1) is 19.0 Å². The summed E-state index contributed by atoms with van der Waals surface area (Å²) in [5, 5.41) is 5.69. The summed E-state index contributed by atoms with van der Waals surface area (Å²) in [6, 6.07) is 7.30. The number of aryl methyl sites for hydroxylation is 1. The Bertz CT molecular complexity index is 633. The van der Waals surface area contributed by atoms with Gasteiger partial charge in [0.1, 0.15) is 0 Å². The highest BCUT2D eigenvalue weighted by Crippen LogP contribution is 2.19. The maximum atomic E-state index is 12.7. The minimum Gasteiger partial charge on any atom is -0.350 e. The summed E-state index contributed by atoms with van der Waals surface area (Å²) >= 11 is 0. The van der Waals surface area contributed by atoms with Crippen molar-refractivity contribution >= 4 is 17.7 Å². The predicted octanol–water partition coefficient (Wildman–Crippen LogP) is 2.33. The van der Waals surface area contributed by atoms with Gasteiger partial charge in [-0.15, -0.1) is 0 Å². The molecule has 0 spiro atoms. The van der Waals surface area contributed by atoms with Crippen molar-refractivity contribution in [2.24, 2.45) is 0 Å². The molecule has 0 radical (unpaired) electrons. The molecule has 6 nitrogen and oxygen atoms in total. The van der Waals surface area contributed by atoms with Gasteiger partial charge in [0.15, 0.2) is 0 Å². The molecule has 0 saturated carbocycles. The molecule has 2 N–H and O–H groups in total. The lowest BCUT2D eigenvalue weighted by molar-refractivity contribution is -0.137.